The molecule has 0 heterocycles. The highest BCUT2D eigenvalue weighted by molar-refractivity contribution is 9.10. The van der Waals surface area contributed by atoms with Gasteiger partial charge < -0.3 is 10.6 Å². The molecule has 0 spiro atoms. The molecular formula is C16H13Br2ClN2O2. The van der Waals surface area contributed by atoms with Gasteiger partial charge in [-0.25, -0.2) is 0 Å². The molecule has 0 aliphatic rings. The van der Waals surface area contributed by atoms with E-state index in [1.54, 1.807) is 24.3 Å². The van der Waals surface area contributed by atoms with Gasteiger partial charge in [0.15, 0.2) is 0 Å². The van der Waals surface area contributed by atoms with Crippen LogP contribution < -0.4 is 10.6 Å². The van der Waals surface area contributed by atoms with Gasteiger partial charge in [-0.1, -0.05) is 55.6 Å². The maximum atomic E-state index is 11.9. The van der Waals surface area contributed by atoms with Crippen LogP contribution in [0.4, 0.5) is 0 Å². The molecule has 0 atom stereocenters. The maximum Gasteiger partial charge on any atom is 0.251 e. The lowest BCUT2D eigenvalue weighted by Crippen LogP contribution is -2.36. The van der Waals surface area contributed by atoms with Crippen molar-refractivity contribution in [3.63, 3.8) is 0 Å². The van der Waals surface area contributed by atoms with Gasteiger partial charge in [-0.15, -0.1) is 0 Å². The Kier molecular flexibility index (Phi) is 6.62. The molecule has 2 amide bonds. The van der Waals surface area contributed by atoms with E-state index in [9.17, 15) is 9.59 Å². The molecule has 0 unspecified atom stereocenters. The number of amides is 2. The average molecular weight is 461 g/mol. The van der Waals surface area contributed by atoms with E-state index in [1.807, 2.05) is 18.2 Å². The zero-order valence-electron chi connectivity index (χ0n) is 11.9. The van der Waals surface area contributed by atoms with Crippen LogP contribution in [0.5, 0.6) is 0 Å². The molecule has 0 saturated carbocycles. The van der Waals surface area contributed by atoms with E-state index in [0.717, 1.165) is 14.5 Å². The zero-order chi connectivity index (χ0) is 16.8. The molecular weight excluding hydrogens is 447 g/mol. The SMILES string of the molecule is O=C(CNC(=O)c1cccc(Br)c1)NCc1ccc(Br)cc1Cl. The highest BCUT2D eigenvalue weighted by Crippen LogP contribution is 2.21. The van der Waals surface area contributed by atoms with Gasteiger partial charge in [-0.05, 0) is 35.9 Å². The first-order valence-electron chi connectivity index (χ1n) is 6.70. The van der Waals surface area contributed by atoms with E-state index in [4.69, 9.17) is 11.6 Å². The van der Waals surface area contributed by atoms with Crippen LogP contribution in [0.15, 0.2) is 51.4 Å². The Balaban J connectivity index is 1.82. The molecule has 0 bridgehead atoms. The Labute approximate surface area is 155 Å². The van der Waals surface area contributed by atoms with Crippen molar-refractivity contribution in [1.29, 1.82) is 0 Å². The normalized spacial score (nSPS) is 10.2. The molecule has 4 nitrogen and oxygen atoms in total. The average Bonchev–Trinajstić information content (AvgIpc) is 2.51. The van der Waals surface area contributed by atoms with Crippen LogP contribution in [0.25, 0.3) is 0 Å². The number of hydrogen-bond acceptors (Lipinski definition) is 2. The quantitative estimate of drug-likeness (QED) is 0.711. The molecule has 0 aliphatic carbocycles. The summed E-state index contributed by atoms with van der Waals surface area (Å²) in [4.78, 5) is 23.7. The fourth-order valence-electron chi connectivity index (χ4n) is 1.81. The monoisotopic (exact) mass is 458 g/mol. The Morgan fingerprint density at radius 1 is 1.00 bits per heavy atom. The fourth-order valence-corrected chi connectivity index (χ4v) is 2.95. The van der Waals surface area contributed by atoms with Gasteiger partial charge in [0, 0.05) is 26.1 Å². The van der Waals surface area contributed by atoms with Crippen molar-refractivity contribution in [3.8, 4) is 0 Å². The second kappa shape index (κ2) is 8.47. The lowest BCUT2D eigenvalue weighted by molar-refractivity contribution is -0.120. The number of benzene rings is 2. The second-order valence-corrected chi connectivity index (χ2v) is 6.94. The van der Waals surface area contributed by atoms with E-state index in [2.05, 4.69) is 42.5 Å². The Morgan fingerprint density at radius 2 is 1.74 bits per heavy atom. The number of carbonyl (C=O) groups is 2. The van der Waals surface area contributed by atoms with Crippen LogP contribution >= 0.6 is 43.5 Å². The van der Waals surface area contributed by atoms with Gasteiger partial charge in [0.2, 0.25) is 5.91 Å². The Bertz CT molecular complexity index is 738. The first kappa shape index (κ1) is 18.0. The van der Waals surface area contributed by atoms with Crippen molar-refractivity contribution in [2.75, 3.05) is 6.54 Å². The Hall–Kier alpha value is -1.37. The minimum absolute atomic E-state index is 0.0977. The molecule has 0 radical (unpaired) electrons. The van der Waals surface area contributed by atoms with Crippen molar-refractivity contribution in [2.24, 2.45) is 0 Å². The summed E-state index contributed by atoms with van der Waals surface area (Å²) in [6.07, 6.45) is 0. The van der Waals surface area contributed by atoms with Gasteiger partial charge in [-0.3, -0.25) is 9.59 Å². The van der Waals surface area contributed by atoms with E-state index in [-0.39, 0.29) is 18.4 Å². The first-order valence-corrected chi connectivity index (χ1v) is 8.66. The van der Waals surface area contributed by atoms with Crippen LogP contribution in [0, 0.1) is 0 Å². The van der Waals surface area contributed by atoms with Gasteiger partial charge in [0.25, 0.3) is 5.91 Å². The second-order valence-electron chi connectivity index (χ2n) is 4.71. The first-order chi connectivity index (χ1) is 11.0. The standard InChI is InChI=1S/C16H13Br2ClN2O2/c17-12-3-1-2-10(6-12)16(23)21-9-15(22)20-8-11-4-5-13(18)7-14(11)19/h1-7H,8-9H2,(H,20,22)(H,21,23). The van der Waals surface area contributed by atoms with Gasteiger partial charge in [0.1, 0.15) is 0 Å². The summed E-state index contributed by atoms with van der Waals surface area (Å²) in [5.41, 5.74) is 1.30. The topological polar surface area (TPSA) is 58.2 Å². The van der Waals surface area contributed by atoms with Crippen molar-refractivity contribution in [2.45, 2.75) is 6.54 Å². The van der Waals surface area contributed by atoms with Gasteiger partial charge >= 0.3 is 0 Å². The molecule has 120 valence electrons. The summed E-state index contributed by atoms with van der Waals surface area (Å²) < 4.78 is 1.68. The molecule has 23 heavy (non-hydrogen) atoms. The van der Waals surface area contributed by atoms with E-state index in [1.165, 1.54) is 0 Å². The van der Waals surface area contributed by atoms with Crippen molar-refractivity contribution in [3.05, 3.63) is 67.6 Å². The van der Waals surface area contributed by atoms with Crippen molar-refractivity contribution in [1.82, 2.24) is 10.6 Å². The van der Waals surface area contributed by atoms with Gasteiger partial charge in [0.05, 0.1) is 6.54 Å². The molecule has 0 fully saturated rings. The van der Waals surface area contributed by atoms with Crippen LogP contribution in [-0.4, -0.2) is 18.4 Å². The third kappa shape index (κ3) is 5.64. The minimum Gasteiger partial charge on any atom is -0.350 e. The summed E-state index contributed by atoms with van der Waals surface area (Å²) >= 11 is 12.7. The number of nitrogens with one attached hydrogen (secondary N) is 2. The predicted octanol–water partition coefficient (Wildman–Crippen LogP) is 3.91. The number of halogens is 3. The molecule has 7 heteroatoms. The third-order valence-electron chi connectivity index (χ3n) is 2.99. The van der Waals surface area contributed by atoms with Gasteiger partial charge in [-0.2, -0.15) is 0 Å². The highest BCUT2D eigenvalue weighted by Gasteiger charge is 2.09. The number of carbonyl (C=O) groups excluding carboxylic acids is 2. The summed E-state index contributed by atoms with van der Waals surface area (Å²) in [5, 5.41) is 5.86. The lowest BCUT2D eigenvalue weighted by Gasteiger charge is -2.09. The van der Waals surface area contributed by atoms with Crippen LogP contribution in [0.2, 0.25) is 5.02 Å². The number of rotatable bonds is 5. The summed E-state index contributed by atoms with van der Waals surface area (Å²) in [5.74, 6) is -0.588. The molecule has 0 saturated heterocycles. The van der Waals surface area contributed by atoms with E-state index >= 15 is 0 Å². The maximum absolute atomic E-state index is 11.9. The van der Waals surface area contributed by atoms with Crippen LogP contribution in [-0.2, 0) is 11.3 Å². The zero-order valence-corrected chi connectivity index (χ0v) is 15.8. The predicted molar refractivity (Wildman–Crippen MR) is 97.5 cm³/mol. The Morgan fingerprint density at radius 3 is 2.43 bits per heavy atom. The van der Waals surface area contributed by atoms with E-state index in [0.29, 0.717) is 17.1 Å². The van der Waals surface area contributed by atoms with Crippen molar-refractivity contribution < 1.29 is 9.59 Å². The smallest absolute Gasteiger partial charge is 0.251 e. The van der Waals surface area contributed by atoms with Crippen molar-refractivity contribution >= 4 is 55.3 Å². The molecule has 2 aromatic rings. The summed E-state index contributed by atoms with van der Waals surface area (Å²) in [7, 11) is 0. The molecule has 2 rings (SSSR count). The highest BCUT2D eigenvalue weighted by atomic mass is 79.9. The minimum atomic E-state index is -0.303. The molecule has 0 aliphatic heterocycles. The third-order valence-corrected chi connectivity index (χ3v) is 4.33. The summed E-state index contributed by atoms with van der Waals surface area (Å²) in [6, 6.07) is 12.4. The molecule has 2 aromatic carbocycles. The molecule has 0 aromatic heterocycles. The largest absolute Gasteiger partial charge is 0.350 e. The van der Waals surface area contributed by atoms with E-state index < -0.39 is 0 Å². The fraction of sp³-hybridized carbons (Fsp3) is 0.125. The summed E-state index contributed by atoms with van der Waals surface area (Å²) in [6.45, 7) is 0.206. The van der Waals surface area contributed by atoms with Crippen LogP contribution in [0.1, 0.15) is 15.9 Å². The lowest BCUT2D eigenvalue weighted by atomic mass is 10.2. The van der Waals surface area contributed by atoms with Crippen LogP contribution in [0.3, 0.4) is 0 Å². The molecule has 2 N–H and O–H groups in total. The number of hydrogen-bond donors (Lipinski definition) is 2.